The topological polar surface area (TPSA) is 25.8 Å². The van der Waals surface area contributed by atoms with E-state index in [-0.39, 0.29) is 0 Å². The van der Waals surface area contributed by atoms with Crippen LogP contribution in [0.4, 0.5) is 0 Å². The number of benzene rings is 1. The molecule has 3 aromatic rings. The Bertz CT molecular complexity index is 613. The lowest BCUT2D eigenvalue weighted by Crippen LogP contribution is -1.76. The van der Waals surface area contributed by atoms with E-state index in [1.54, 1.807) is 12.4 Å². The Morgan fingerprint density at radius 1 is 0.522 bits per heavy atom. The molecule has 0 atom stereocenters. The quantitative estimate of drug-likeness (QED) is 0.556. The molecule has 2 heterocycles. The summed E-state index contributed by atoms with van der Waals surface area (Å²) in [5, 5.41) is 0. The third-order valence-electron chi connectivity index (χ3n) is 3.03. The predicted molar refractivity (Wildman–Crippen MR) is 98.6 cm³/mol. The second-order valence-corrected chi connectivity index (χ2v) is 5.72. The largest absolute Gasteiger partial charge is 0.265 e. The summed E-state index contributed by atoms with van der Waals surface area (Å²) in [6.45, 7) is 10.3. The van der Waals surface area contributed by atoms with Crippen LogP contribution in [0, 0.1) is 34.6 Å². The maximum absolute atomic E-state index is 3.98. The Morgan fingerprint density at radius 2 is 1.00 bits per heavy atom. The first-order valence-electron chi connectivity index (χ1n) is 7.75. The zero-order valence-corrected chi connectivity index (χ0v) is 14.7. The standard InChI is InChI=1S/C8H10.C7H9N.C6H7N/c1-7-4-3-5-8(2)6-7;1-6-3-7(2)5-8-4-6;1-6-2-4-7-5-3-6/h3-6H,1-2H3;3-5H,1-2H3;2-5H,1H3. The monoisotopic (exact) mass is 306 g/mol. The van der Waals surface area contributed by atoms with Crippen molar-refractivity contribution in [1.82, 2.24) is 9.97 Å². The smallest absolute Gasteiger partial charge is 0.0297 e. The Morgan fingerprint density at radius 3 is 1.26 bits per heavy atom. The molecule has 0 radical (unpaired) electrons. The van der Waals surface area contributed by atoms with Gasteiger partial charge in [-0.15, -0.1) is 0 Å². The fourth-order valence-electron chi connectivity index (χ4n) is 1.94. The molecule has 2 aromatic heterocycles. The van der Waals surface area contributed by atoms with E-state index in [2.05, 4.69) is 54.1 Å². The van der Waals surface area contributed by atoms with E-state index in [0.29, 0.717) is 0 Å². The van der Waals surface area contributed by atoms with Crippen molar-refractivity contribution in [2.45, 2.75) is 34.6 Å². The minimum Gasteiger partial charge on any atom is -0.265 e. The molecule has 1 aromatic carbocycles. The number of hydrogen-bond acceptors (Lipinski definition) is 2. The molecule has 0 fully saturated rings. The van der Waals surface area contributed by atoms with Crippen LogP contribution in [0.15, 0.2) is 67.3 Å². The molecule has 3 rings (SSSR count). The second-order valence-electron chi connectivity index (χ2n) is 5.72. The van der Waals surface area contributed by atoms with Crippen molar-refractivity contribution in [3.63, 3.8) is 0 Å². The molecule has 0 saturated carbocycles. The summed E-state index contributed by atoms with van der Waals surface area (Å²) in [6, 6.07) is 14.5. The average molecular weight is 306 g/mol. The molecule has 0 bridgehead atoms. The molecule has 0 saturated heterocycles. The van der Waals surface area contributed by atoms with Crippen molar-refractivity contribution in [2.24, 2.45) is 0 Å². The fourth-order valence-corrected chi connectivity index (χ4v) is 1.94. The fraction of sp³-hybridized carbons (Fsp3) is 0.238. The number of hydrogen-bond donors (Lipinski definition) is 0. The van der Waals surface area contributed by atoms with Crippen LogP contribution in [-0.2, 0) is 0 Å². The van der Waals surface area contributed by atoms with Crippen LogP contribution in [0.5, 0.6) is 0 Å². The van der Waals surface area contributed by atoms with Crippen LogP contribution in [0.2, 0.25) is 0 Å². The molecule has 0 unspecified atom stereocenters. The van der Waals surface area contributed by atoms with Gasteiger partial charge in [0.2, 0.25) is 0 Å². The normalized spacial score (nSPS) is 9.09. The van der Waals surface area contributed by atoms with Gasteiger partial charge < -0.3 is 0 Å². The minimum absolute atomic E-state index is 1.23. The number of aromatic nitrogens is 2. The van der Waals surface area contributed by atoms with Gasteiger partial charge in [-0.3, -0.25) is 9.97 Å². The summed E-state index contributed by atoms with van der Waals surface area (Å²) in [4.78, 5) is 7.83. The average Bonchev–Trinajstić information content (AvgIpc) is 2.49. The summed E-state index contributed by atoms with van der Waals surface area (Å²) in [6.07, 6.45) is 7.28. The van der Waals surface area contributed by atoms with E-state index in [1.807, 2.05) is 45.3 Å². The van der Waals surface area contributed by atoms with Gasteiger partial charge in [-0.05, 0) is 63.4 Å². The highest BCUT2D eigenvalue weighted by Gasteiger charge is 1.82. The van der Waals surface area contributed by atoms with Gasteiger partial charge in [0.05, 0.1) is 0 Å². The van der Waals surface area contributed by atoms with Crippen LogP contribution in [0.25, 0.3) is 0 Å². The van der Waals surface area contributed by atoms with E-state index >= 15 is 0 Å². The van der Waals surface area contributed by atoms with Crippen molar-refractivity contribution in [3.05, 3.63) is 95.1 Å². The summed E-state index contributed by atoms with van der Waals surface area (Å²) in [7, 11) is 0. The first-order valence-corrected chi connectivity index (χ1v) is 7.75. The zero-order valence-electron chi connectivity index (χ0n) is 14.7. The van der Waals surface area contributed by atoms with Gasteiger partial charge in [0, 0.05) is 24.8 Å². The molecule has 0 spiro atoms. The summed E-state index contributed by atoms with van der Waals surface area (Å²) in [5.74, 6) is 0. The van der Waals surface area contributed by atoms with Crippen LogP contribution >= 0.6 is 0 Å². The highest BCUT2D eigenvalue weighted by atomic mass is 14.6. The predicted octanol–water partition coefficient (Wildman–Crippen LogP) is 5.39. The molecule has 120 valence electrons. The zero-order chi connectivity index (χ0) is 17.1. The number of rotatable bonds is 0. The molecule has 23 heavy (non-hydrogen) atoms. The van der Waals surface area contributed by atoms with Crippen molar-refractivity contribution in [1.29, 1.82) is 0 Å². The van der Waals surface area contributed by atoms with Gasteiger partial charge in [-0.2, -0.15) is 0 Å². The lowest BCUT2D eigenvalue weighted by Gasteiger charge is -1.90. The number of aryl methyl sites for hydroxylation is 5. The number of nitrogens with zero attached hydrogens (tertiary/aromatic N) is 2. The SMILES string of the molecule is Cc1cccc(C)c1.Cc1ccncc1.Cc1cncc(C)c1. The Kier molecular flexibility index (Phi) is 8.30. The lowest BCUT2D eigenvalue weighted by molar-refractivity contribution is 1.22. The van der Waals surface area contributed by atoms with Gasteiger partial charge in [0.1, 0.15) is 0 Å². The maximum atomic E-state index is 3.98. The van der Waals surface area contributed by atoms with Crippen LogP contribution < -0.4 is 0 Å². The molecule has 0 N–H and O–H groups in total. The van der Waals surface area contributed by atoms with Gasteiger partial charge in [0.25, 0.3) is 0 Å². The molecule has 0 amide bonds. The third kappa shape index (κ3) is 9.20. The van der Waals surface area contributed by atoms with Crippen LogP contribution in [0.1, 0.15) is 27.8 Å². The van der Waals surface area contributed by atoms with Gasteiger partial charge in [-0.25, -0.2) is 0 Å². The maximum Gasteiger partial charge on any atom is 0.0297 e. The molecule has 0 aliphatic carbocycles. The van der Waals surface area contributed by atoms with Crippen molar-refractivity contribution >= 4 is 0 Å². The van der Waals surface area contributed by atoms with E-state index in [0.717, 1.165) is 0 Å². The van der Waals surface area contributed by atoms with Crippen molar-refractivity contribution in [2.75, 3.05) is 0 Å². The molecule has 2 nitrogen and oxygen atoms in total. The minimum atomic E-state index is 1.23. The first kappa shape index (κ1) is 18.6. The molecule has 0 aliphatic rings. The highest BCUT2D eigenvalue weighted by molar-refractivity contribution is 5.20. The highest BCUT2D eigenvalue weighted by Crippen LogP contribution is 2.00. The van der Waals surface area contributed by atoms with Crippen LogP contribution in [0.3, 0.4) is 0 Å². The first-order chi connectivity index (χ1) is 11.0. The summed E-state index contributed by atoms with van der Waals surface area (Å²) in [5.41, 5.74) is 6.39. The molecular weight excluding hydrogens is 280 g/mol. The Balaban J connectivity index is 0.000000173. The number of pyridine rings is 2. The molecular formula is C21H26N2. The van der Waals surface area contributed by atoms with Crippen molar-refractivity contribution in [3.8, 4) is 0 Å². The Hall–Kier alpha value is -2.48. The lowest BCUT2D eigenvalue weighted by atomic mass is 10.2. The third-order valence-corrected chi connectivity index (χ3v) is 3.03. The van der Waals surface area contributed by atoms with E-state index in [1.165, 1.54) is 27.8 Å². The summed E-state index contributed by atoms with van der Waals surface area (Å²) >= 11 is 0. The van der Waals surface area contributed by atoms with E-state index in [9.17, 15) is 0 Å². The molecule has 0 aliphatic heterocycles. The van der Waals surface area contributed by atoms with Crippen molar-refractivity contribution < 1.29 is 0 Å². The van der Waals surface area contributed by atoms with Crippen LogP contribution in [-0.4, -0.2) is 9.97 Å². The van der Waals surface area contributed by atoms with Gasteiger partial charge >= 0.3 is 0 Å². The second kappa shape index (κ2) is 10.3. The molecule has 2 heteroatoms. The van der Waals surface area contributed by atoms with Gasteiger partial charge in [-0.1, -0.05) is 41.5 Å². The van der Waals surface area contributed by atoms with E-state index in [4.69, 9.17) is 0 Å². The van der Waals surface area contributed by atoms with Gasteiger partial charge in [0.15, 0.2) is 0 Å². The summed E-state index contributed by atoms with van der Waals surface area (Å²) < 4.78 is 0. The van der Waals surface area contributed by atoms with E-state index < -0.39 is 0 Å². The Labute approximate surface area is 140 Å².